The largest absolute Gasteiger partial charge is 0.452 e. The molecule has 4 nitrogen and oxygen atoms in total. The van der Waals surface area contributed by atoms with Crippen molar-refractivity contribution in [2.24, 2.45) is 0 Å². The molecular formula is C15H17NO3. The van der Waals surface area contributed by atoms with Gasteiger partial charge in [0.2, 0.25) is 0 Å². The minimum absolute atomic E-state index is 0.272. The summed E-state index contributed by atoms with van der Waals surface area (Å²) < 4.78 is 4.77. The SMILES string of the molecule is C/C=C/C=C/C(=O)OCC(=O)NCc1ccccc1. The van der Waals surface area contributed by atoms with Crippen LogP contribution < -0.4 is 5.32 Å². The zero-order valence-corrected chi connectivity index (χ0v) is 10.8. The third-order valence-corrected chi connectivity index (χ3v) is 2.21. The maximum Gasteiger partial charge on any atom is 0.331 e. The van der Waals surface area contributed by atoms with E-state index in [9.17, 15) is 9.59 Å². The first-order chi connectivity index (χ1) is 9.22. The maximum absolute atomic E-state index is 11.4. The summed E-state index contributed by atoms with van der Waals surface area (Å²) in [5.41, 5.74) is 0.996. The van der Waals surface area contributed by atoms with Crippen molar-refractivity contribution in [3.05, 3.63) is 60.2 Å². The summed E-state index contributed by atoms with van der Waals surface area (Å²) in [7, 11) is 0. The Kier molecular flexibility index (Phi) is 6.72. The van der Waals surface area contributed by atoms with E-state index in [1.807, 2.05) is 37.3 Å². The molecule has 0 saturated carbocycles. The van der Waals surface area contributed by atoms with Gasteiger partial charge in [-0.3, -0.25) is 4.79 Å². The molecule has 0 aliphatic carbocycles. The van der Waals surface area contributed by atoms with E-state index >= 15 is 0 Å². The summed E-state index contributed by atoms with van der Waals surface area (Å²) in [6, 6.07) is 9.52. The number of nitrogens with one attached hydrogen (secondary N) is 1. The van der Waals surface area contributed by atoms with Gasteiger partial charge in [-0.25, -0.2) is 4.79 Å². The minimum atomic E-state index is -0.534. The normalized spacial score (nSPS) is 10.8. The Hall–Kier alpha value is -2.36. The van der Waals surface area contributed by atoms with Gasteiger partial charge in [0.05, 0.1) is 0 Å². The maximum atomic E-state index is 11.4. The van der Waals surface area contributed by atoms with Crippen molar-refractivity contribution >= 4 is 11.9 Å². The molecule has 4 heteroatoms. The first-order valence-corrected chi connectivity index (χ1v) is 5.99. The monoisotopic (exact) mass is 259 g/mol. The van der Waals surface area contributed by atoms with Gasteiger partial charge in [0.25, 0.3) is 5.91 Å². The number of allylic oxidation sites excluding steroid dienone is 3. The lowest BCUT2D eigenvalue weighted by Crippen LogP contribution is -2.28. The highest BCUT2D eigenvalue weighted by Gasteiger charge is 2.04. The van der Waals surface area contributed by atoms with Crippen molar-refractivity contribution < 1.29 is 14.3 Å². The van der Waals surface area contributed by atoms with Gasteiger partial charge in [-0.1, -0.05) is 48.6 Å². The molecule has 0 unspecified atom stereocenters. The second-order valence-electron chi connectivity index (χ2n) is 3.75. The molecule has 0 spiro atoms. The predicted octanol–water partition coefficient (Wildman–Crippen LogP) is 1.98. The van der Waals surface area contributed by atoms with Gasteiger partial charge in [0, 0.05) is 12.6 Å². The third kappa shape index (κ3) is 6.83. The van der Waals surface area contributed by atoms with Crippen LogP contribution in [0.25, 0.3) is 0 Å². The molecule has 0 aromatic heterocycles. The van der Waals surface area contributed by atoms with E-state index in [1.165, 1.54) is 6.08 Å². The molecule has 0 aliphatic rings. The summed E-state index contributed by atoms with van der Waals surface area (Å²) in [4.78, 5) is 22.6. The second-order valence-corrected chi connectivity index (χ2v) is 3.75. The Bertz CT molecular complexity index is 464. The Morgan fingerprint density at radius 1 is 1.21 bits per heavy atom. The molecule has 1 aromatic carbocycles. The van der Waals surface area contributed by atoms with Gasteiger partial charge < -0.3 is 10.1 Å². The molecule has 0 atom stereocenters. The molecule has 19 heavy (non-hydrogen) atoms. The van der Waals surface area contributed by atoms with Crippen LogP contribution in [0.4, 0.5) is 0 Å². The summed E-state index contributed by atoms with van der Waals surface area (Å²) in [6.07, 6.45) is 6.32. The number of hydrogen-bond acceptors (Lipinski definition) is 3. The number of amides is 1. The number of rotatable bonds is 6. The van der Waals surface area contributed by atoms with Crippen LogP contribution in [0.15, 0.2) is 54.6 Å². The fourth-order valence-corrected chi connectivity index (χ4v) is 1.28. The molecular weight excluding hydrogens is 242 g/mol. The van der Waals surface area contributed by atoms with Crippen LogP contribution in [0.3, 0.4) is 0 Å². The molecule has 0 saturated heterocycles. The van der Waals surface area contributed by atoms with Crippen LogP contribution in [0.2, 0.25) is 0 Å². The van der Waals surface area contributed by atoms with Crippen molar-refractivity contribution in [2.45, 2.75) is 13.5 Å². The summed E-state index contributed by atoms with van der Waals surface area (Å²) >= 11 is 0. The third-order valence-electron chi connectivity index (χ3n) is 2.21. The molecule has 1 amide bonds. The molecule has 1 aromatic rings. The molecule has 1 N–H and O–H groups in total. The van der Waals surface area contributed by atoms with Crippen molar-refractivity contribution in [2.75, 3.05) is 6.61 Å². The van der Waals surface area contributed by atoms with Crippen molar-refractivity contribution in [3.63, 3.8) is 0 Å². The Balaban J connectivity index is 2.23. The highest BCUT2D eigenvalue weighted by atomic mass is 16.5. The van der Waals surface area contributed by atoms with Crippen LogP contribution in [-0.4, -0.2) is 18.5 Å². The van der Waals surface area contributed by atoms with E-state index in [1.54, 1.807) is 18.2 Å². The Morgan fingerprint density at radius 3 is 2.63 bits per heavy atom. The zero-order valence-electron chi connectivity index (χ0n) is 10.8. The lowest BCUT2D eigenvalue weighted by molar-refractivity contribution is -0.143. The fourth-order valence-electron chi connectivity index (χ4n) is 1.28. The van der Waals surface area contributed by atoms with Crippen LogP contribution >= 0.6 is 0 Å². The van der Waals surface area contributed by atoms with E-state index in [4.69, 9.17) is 4.74 Å². The summed E-state index contributed by atoms with van der Waals surface area (Å²) in [5, 5.41) is 2.67. The first-order valence-electron chi connectivity index (χ1n) is 5.99. The highest BCUT2D eigenvalue weighted by Crippen LogP contribution is 1.96. The molecule has 0 aliphatic heterocycles. The molecule has 0 bridgehead atoms. The van der Waals surface area contributed by atoms with Crippen LogP contribution in [0, 0.1) is 0 Å². The smallest absolute Gasteiger partial charge is 0.331 e. The standard InChI is InChI=1S/C15H17NO3/c1-2-3-5-10-15(18)19-12-14(17)16-11-13-8-6-4-7-9-13/h2-10H,11-12H2,1H3,(H,16,17)/b3-2+,10-5+. The molecule has 0 heterocycles. The summed E-state index contributed by atoms with van der Waals surface area (Å²) in [5.74, 6) is -0.857. The zero-order chi connectivity index (χ0) is 13.9. The second kappa shape index (κ2) is 8.69. The average molecular weight is 259 g/mol. The van der Waals surface area contributed by atoms with Gasteiger partial charge in [-0.05, 0) is 12.5 Å². The van der Waals surface area contributed by atoms with Crippen LogP contribution in [-0.2, 0) is 20.9 Å². The number of carbonyl (C=O) groups is 2. The number of carbonyl (C=O) groups excluding carboxylic acids is 2. The van der Waals surface area contributed by atoms with Gasteiger partial charge in [0.15, 0.2) is 6.61 Å². The van der Waals surface area contributed by atoms with E-state index in [0.29, 0.717) is 6.54 Å². The van der Waals surface area contributed by atoms with E-state index in [-0.39, 0.29) is 12.5 Å². The van der Waals surface area contributed by atoms with Crippen LogP contribution in [0.1, 0.15) is 12.5 Å². The molecule has 100 valence electrons. The molecule has 0 radical (unpaired) electrons. The van der Waals surface area contributed by atoms with Crippen molar-refractivity contribution in [1.82, 2.24) is 5.32 Å². The lowest BCUT2D eigenvalue weighted by Gasteiger charge is -2.05. The Morgan fingerprint density at radius 2 is 1.95 bits per heavy atom. The van der Waals surface area contributed by atoms with Gasteiger partial charge in [-0.2, -0.15) is 0 Å². The van der Waals surface area contributed by atoms with E-state index < -0.39 is 5.97 Å². The minimum Gasteiger partial charge on any atom is -0.452 e. The predicted molar refractivity (Wildman–Crippen MR) is 73.2 cm³/mol. The number of hydrogen-bond donors (Lipinski definition) is 1. The van der Waals surface area contributed by atoms with Crippen molar-refractivity contribution in [1.29, 1.82) is 0 Å². The lowest BCUT2D eigenvalue weighted by atomic mass is 10.2. The van der Waals surface area contributed by atoms with E-state index in [0.717, 1.165) is 5.56 Å². The fraction of sp³-hybridized carbons (Fsp3) is 0.200. The van der Waals surface area contributed by atoms with Gasteiger partial charge in [-0.15, -0.1) is 0 Å². The average Bonchev–Trinajstić information content (AvgIpc) is 2.44. The van der Waals surface area contributed by atoms with Crippen molar-refractivity contribution in [3.8, 4) is 0 Å². The first kappa shape index (κ1) is 14.7. The summed E-state index contributed by atoms with van der Waals surface area (Å²) in [6.45, 7) is 1.99. The van der Waals surface area contributed by atoms with E-state index in [2.05, 4.69) is 5.32 Å². The van der Waals surface area contributed by atoms with Gasteiger partial charge in [0.1, 0.15) is 0 Å². The number of benzene rings is 1. The number of esters is 1. The van der Waals surface area contributed by atoms with Crippen LogP contribution in [0.5, 0.6) is 0 Å². The van der Waals surface area contributed by atoms with Gasteiger partial charge >= 0.3 is 5.97 Å². The molecule has 1 rings (SSSR count). The quantitative estimate of drug-likeness (QED) is 0.483. The topological polar surface area (TPSA) is 55.4 Å². The highest BCUT2D eigenvalue weighted by molar-refractivity contribution is 5.85. The molecule has 0 fully saturated rings. The Labute approximate surface area is 112 Å². The number of ether oxygens (including phenoxy) is 1.